The number of aromatic nitrogens is 3. The zero-order valence-corrected chi connectivity index (χ0v) is 28.5. The van der Waals surface area contributed by atoms with Crippen LogP contribution < -0.4 is 0 Å². The Labute approximate surface area is 279 Å². The maximum atomic E-state index is 5.52. The summed E-state index contributed by atoms with van der Waals surface area (Å²) >= 11 is 0. The molecule has 3 nitrogen and oxygen atoms in total. The molecule has 0 spiro atoms. The third-order valence-corrected chi connectivity index (χ3v) is 10.1. The fourth-order valence-corrected chi connectivity index (χ4v) is 7.91. The number of nitrogens with zero attached hydrogens (tertiary/aromatic N) is 3. The number of fused-ring (bicyclic) bond motifs is 8. The summed E-state index contributed by atoms with van der Waals surface area (Å²) in [4.78, 5) is 10.9. The van der Waals surface area contributed by atoms with Gasteiger partial charge in [0.25, 0.3) is 0 Å². The van der Waals surface area contributed by atoms with Gasteiger partial charge in [0.15, 0.2) is 0 Å². The molecule has 3 heteroatoms. The Kier molecular flexibility index (Phi) is 7.80. The first-order valence-corrected chi connectivity index (χ1v) is 16.9. The van der Waals surface area contributed by atoms with Crippen LogP contribution in [0.3, 0.4) is 0 Å². The van der Waals surface area contributed by atoms with Crippen LogP contribution in [0.15, 0.2) is 109 Å². The van der Waals surface area contributed by atoms with Crippen molar-refractivity contribution in [1.82, 2.24) is 14.5 Å². The molecule has 0 N–H and O–H groups in total. The van der Waals surface area contributed by atoms with E-state index in [1.54, 1.807) is 0 Å². The normalized spacial score (nSPS) is 17.4. The van der Waals surface area contributed by atoms with E-state index in [4.69, 9.17) is 9.97 Å². The highest BCUT2D eigenvalue weighted by Crippen LogP contribution is 2.54. The number of hydrogen-bond donors (Lipinski definition) is 0. The summed E-state index contributed by atoms with van der Waals surface area (Å²) in [6.45, 7) is 17.6. The van der Waals surface area contributed by atoms with Crippen LogP contribution in [0.5, 0.6) is 0 Å². The van der Waals surface area contributed by atoms with Gasteiger partial charge in [0.05, 0.1) is 22.4 Å². The van der Waals surface area contributed by atoms with E-state index in [2.05, 4.69) is 150 Å². The van der Waals surface area contributed by atoms with Crippen LogP contribution in [0.2, 0.25) is 0 Å². The van der Waals surface area contributed by atoms with Crippen molar-refractivity contribution in [2.24, 2.45) is 0 Å². The van der Waals surface area contributed by atoms with E-state index < -0.39 is 0 Å². The molecule has 0 saturated heterocycles. The Morgan fingerprint density at radius 3 is 2.57 bits per heavy atom. The van der Waals surface area contributed by atoms with Gasteiger partial charge >= 0.3 is 0 Å². The Hall–Kier alpha value is -5.02. The van der Waals surface area contributed by atoms with Crippen molar-refractivity contribution in [3.63, 3.8) is 0 Å². The van der Waals surface area contributed by atoms with Crippen molar-refractivity contribution in [1.29, 1.82) is 0 Å². The predicted octanol–water partition coefficient (Wildman–Crippen LogP) is 11.7. The molecule has 2 aliphatic carbocycles. The van der Waals surface area contributed by atoms with E-state index in [0.29, 0.717) is 5.95 Å². The second kappa shape index (κ2) is 12.0. The lowest BCUT2D eigenvalue weighted by atomic mass is 9.73. The average molecular weight is 614 g/mol. The fourth-order valence-electron chi connectivity index (χ4n) is 7.91. The molecule has 2 aliphatic rings. The lowest BCUT2D eigenvalue weighted by Crippen LogP contribution is -2.21. The predicted molar refractivity (Wildman–Crippen MR) is 202 cm³/mol. The van der Waals surface area contributed by atoms with Crippen LogP contribution in [-0.4, -0.2) is 14.5 Å². The van der Waals surface area contributed by atoms with E-state index in [1.165, 1.54) is 55.4 Å². The molecule has 7 rings (SSSR count). The smallest absolute Gasteiger partial charge is 0.235 e. The first-order valence-electron chi connectivity index (χ1n) is 16.9. The summed E-state index contributed by atoms with van der Waals surface area (Å²) in [5.74, 6) is 0.692. The molecule has 0 atom stereocenters. The van der Waals surface area contributed by atoms with Crippen molar-refractivity contribution in [2.45, 2.75) is 66.2 Å². The van der Waals surface area contributed by atoms with Crippen LogP contribution in [-0.2, 0) is 11.8 Å². The zero-order valence-electron chi connectivity index (χ0n) is 28.5. The molecule has 0 radical (unpaired) electrons. The summed E-state index contributed by atoms with van der Waals surface area (Å²) in [6.07, 6.45) is 20.3. The van der Waals surface area contributed by atoms with E-state index in [9.17, 15) is 0 Å². The monoisotopic (exact) mass is 613 g/mol. The molecule has 0 unspecified atom stereocenters. The largest absolute Gasteiger partial charge is 0.277 e. The molecule has 2 heterocycles. The van der Waals surface area contributed by atoms with Crippen LogP contribution in [0.25, 0.3) is 56.1 Å². The highest BCUT2D eigenvalue weighted by molar-refractivity contribution is 6.11. The minimum absolute atomic E-state index is 0.255. The molecule has 0 fully saturated rings. The Morgan fingerprint density at radius 2 is 1.81 bits per heavy atom. The molecule has 0 amide bonds. The minimum atomic E-state index is -0.255. The summed E-state index contributed by atoms with van der Waals surface area (Å²) in [7, 11) is 0. The van der Waals surface area contributed by atoms with Gasteiger partial charge in [-0.15, -0.1) is 0 Å². The van der Waals surface area contributed by atoms with Gasteiger partial charge < -0.3 is 0 Å². The van der Waals surface area contributed by atoms with Crippen molar-refractivity contribution in [3.05, 3.63) is 143 Å². The molecular weight excluding hydrogens is 571 g/mol. The van der Waals surface area contributed by atoms with Crippen LogP contribution in [0, 0.1) is 6.92 Å². The van der Waals surface area contributed by atoms with Crippen LogP contribution in [0.4, 0.5) is 0 Å². The van der Waals surface area contributed by atoms with Crippen molar-refractivity contribution < 1.29 is 0 Å². The molecule has 0 bridgehead atoms. The maximum Gasteiger partial charge on any atom is 0.235 e. The fraction of sp³-hybridized carbons (Fsp3) is 0.227. The number of benzene rings is 3. The Bertz CT molecular complexity index is 2240. The van der Waals surface area contributed by atoms with Crippen molar-refractivity contribution in [3.8, 4) is 17.1 Å². The minimum Gasteiger partial charge on any atom is -0.277 e. The van der Waals surface area contributed by atoms with Gasteiger partial charge in [0.2, 0.25) is 5.95 Å². The molecule has 2 aromatic heterocycles. The first kappa shape index (κ1) is 30.6. The summed E-state index contributed by atoms with van der Waals surface area (Å²) < 4.78 is 2.38. The maximum absolute atomic E-state index is 5.52. The van der Waals surface area contributed by atoms with Gasteiger partial charge in [-0.3, -0.25) is 4.57 Å². The lowest BCUT2D eigenvalue weighted by molar-refractivity contribution is 0.645. The standard InChI is InChI=1S/C44H43N3/c1-8-12-20-29(10-3)40-33-23-15-16-25-37(33)45-43(46-40)47-41-31-22-14-13-21-30(31)26-27-34(41)39-38-28(5)19-17-24-36(38)44(6,7)35(11-4)32(18-9-2)42(39)47/h8-9,11-12,14-20,22-27H,2,10,13,21H2,1,3-7H3/b12-8-,29-20+,32-18?,35-11+. The molecule has 3 aromatic carbocycles. The quantitative estimate of drug-likeness (QED) is 0.185. The Morgan fingerprint density at radius 1 is 0.979 bits per heavy atom. The molecule has 0 saturated carbocycles. The second-order valence-corrected chi connectivity index (χ2v) is 13.1. The zero-order chi connectivity index (χ0) is 32.9. The van der Waals surface area contributed by atoms with E-state index in [0.717, 1.165) is 47.1 Å². The molecular formula is C44H43N3. The van der Waals surface area contributed by atoms with Crippen LogP contribution in [0.1, 0.15) is 81.1 Å². The molecule has 0 aliphatic heterocycles. The number of aryl methyl sites for hydroxylation is 2. The van der Waals surface area contributed by atoms with Gasteiger partial charge in [0, 0.05) is 32.9 Å². The number of para-hydroxylation sites is 1. The van der Waals surface area contributed by atoms with Crippen molar-refractivity contribution in [2.75, 3.05) is 0 Å². The molecule has 5 aromatic rings. The lowest BCUT2D eigenvalue weighted by Gasteiger charge is -2.30. The SMILES string of the molecule is C=CC=C1/C(=C\C)C(C)(C)c2cccc(C)c2-c2c1n(-c1nc(/C(=C/C=C\C)CC)c3ccccc3n1)c1c3c(ccc21)CCC=C3. The van der Waals surface area contributed by atoms with Crippen molar-refractivity contribution >= 4 is 39.0 Å². The topological polar surface area (TPSA) is 30.7 Å². The van der Waals surface area contributed by atoms with Gasteiger partial charge in [-0.2, -0.15) is 0 Å². The third-order valence-electron chi connectivity index (χ3n) is 10.1. The van der Waals surface area contributed by atoms with Gasteiger partial charge in [0.1, 0.15) is 0 Å². The number of hydrogen-bond acceptors (Lipinski definition) is 2. The van der Waals surface area contributed by atoms with E-state index >= 15 is 0 Å². The summed E-state index contributed by atoms with van der Waals surface area (Å²) in [5, 5.41) is 2.29. The Balaban J connectivity index is 1.75. The van der Waals surface area contributed by atoms with Gasteiger partial charge in [-0.25, -0.2) is 9.97 Å². The van der Waals surface area contributed by atoms with Gasteiger partial charge in [-0.1, -0.05) is 124 Å². The molecule has 234 valence electrons. The van der Waals surface area contributed by atoms with Gasteiger partial charge in [-0.05, 0) is 79.5 Å². The van der Waals surface area contributed by atoms with E-state index in [1.807, 2.05) is 6.08 Å². The summed E-state index contributed by atoms with van der Waals surface area (Å²) in [5.41, 5.74) is 15.3. The van der Waals surface area contributed by atoms with E-state index in [-0.39, 0.29) is 5.41 Å². The average Bonchev–Trinajstić information content (AvgIpc) is 3.39. The summed E-state index contributed by atoms with van der Waals surface area (Å²) in [6, 6.07) is 19.9. The first-order chi connectivity index (χ1) is 22.8. The second-order valence-electron chi connectivity index (χ2n) is 13.1. The third kappa shape index (κ3) is 4.71. The number of rotatable bonds is 5. The molecule has 47 heavy (non-hydrogen) atoms. The highest BCUT2D eigenvalue weighted by Gasteiger charge is 2.39. The highest BCUT2D eigenvalue weighted by atomic mass is 15.2. The number of allylic oxidation sites excluding steroid dienone is 10. The van der Waals surface area contributed by atoms with Crippen LogP contribution >= 0.6 is 0 Å².